The number of likely N-dealkylation sites (N-methyl/N-ethyl adjacent to an activating group) is 1. The van der Waals surface area contributed by atoms with Gasteiger partial charge in [-0.2, -0.15) is 0 Å². The van der Waals surface area contributed by atoms with Crippen molar-refractivity contribution < 1.29 is 9.13 Å². The lowest BCUT2D eigenvalue weighted by Gasteiger charge is -2.23. The molecule has 0 atom stereocenters. The third-order valence-electron chi connectivity index (χ3n) is 5.04. The molecular formula is C25H29FN2O. The molecule has 0 aromatic heterocycles. The minimum absolute atomic E-state index is 0.231. The van der Waals surface area contributed by atoms with Gasteiger partial charge in [0.15, 0.2) is 0 Å². The van der Waals surface area contributed by atoms with Gasteiger partial charge >= 0.3 is 0 Å². The van der Waals surface area contributed by atoms with Gasteiger partial charge in [-0.1, -0.05) is 36.4 Å². The number of benzene rings is 2. The van der Waals surface area contributed by atoms with E-state index in [2.05, 4.69) is 73.2 Å². The van der Waals surface area contributed by atoms with Crippen LogP contribution in [-0.2, 0) is 11.3 Å². The lowest BCUT2D eigenvalue weighted by molar-refractivity contribution is 0.209. The van der Waals surface area contributed by atoms with Gasteiger partial charge in [0.1, 0.15) is 18.2 Å². The lowest BCUT2D eigenvalue weighted by atomic mass is 10.1. The number of halogens is 1. The van der Waals surface area contributed by atoms with Gasteiger partial charge in [0.05, 0.1) is 0 Å². The molecule has 2 aromatic carbocycles. The van der Waals surface area contributed by atoms with E-state index in [1.54, 1.807) is 12.1 Å². The standard InChI is InChI=1S/C25H29FN2O/c1-20(2)27(3)16-4-5-21-8-12-24(13-9-21)28-17-14-25(15-18-28)29-19-22-6-10-23(26)11-7-22/h4-15,17,20H,16,18-19H2,1-3H3. The average Bonchev–Trinajstić information content (AvgIpc) is 2.74. The maximum Gasteiger partial charge on any atom is 0.123 e. The van der Waals surface area contributed by atoms with Crippen molar-refractivity contribution in [2.75, 3.05) is 25.0 Å². The molecule has 1 heterocycles. The largest absolute Gasteiger partial charge is 0.489 e. The fraction of sp³-hybridized carbons (Fsp3) is 0.280. The number of hydrogen-bond acceptors (Lipinski definition) is 3. The van der Waals surface area contributed by atoms with Gasteiger partial charge < -0.3 is 14.5 Å². The third kappa shape index (κ3) is 6.33. The van der Waals surface area contributed by atoms with Crippen molar-refractivity contribution >= 4 is 11.8 Å². The zero-order valence-corrected chi connectivity index (χ0v) is 17.4. The Balaban J connectivity index is 1.49. The van der Waals surface area contributed by atoms with Gasteiger partial charge in [-0.05, 0) is 68.4 Å². The van der Waals surface area contributed by atoms with Gasteiger partial charge in [-0.25, -0.2) is 4.39 Å². The van der Waals surface area contributed by atoms with Crippen molar-refractivity contribution in [3.8, 4) is 0 Å². The molecule has 2 aromatic rings. The molecule has 0 aliphatic carbocycles. The molecule has 0 amide bonds. The van der Waals surface area contributed by atoms with Gasteiger partial charge in [0.25, 0.3) is 0 Å². The zero-order chi connectivity index (χ0) is 20.6. The zero-order valence-electron chi connectivity index (χ0n) is 17.4. The van der Waals surface area contributed by atoms with Crippen LogP contribution in [-0.4, -0.2) is 31.1 Å². The van der Waals surface area contributed by atoms with Crippen molar-refractivity contribution in [1.82, 2.24) is 4.90 Å². The third-order valence-corrected chi connectivity index (χ3v) is 5.04. The van der Waals surface area contributed by atoms with E-state index < -0.39 is 0 Å². The summed E-state index contributed by atoms with van der Waals surface area (Å²) in [5, 5.41) is 0. The summed E-state index contributed by atoms with van der Waals surface area (Å²) in [4.78, 5) is 4.47. The van der Waals surface area contributed by atoms with E-state index in [0.717, 1.165) is 30.1 Å². The van der Waals surface area contributed by atoms with Gasteiger partial charge in [0.2, 0.25) is 0 Å². The van der Waals surface area contributed by atoms with Gasteiger partial charge in [-0.3, -0.25) is 0 Å². The minimum Gasteiger partial charge on any atom is -0.489 e. The molecular weight excluding hydrogens is 363 g/mol. The van der Waals surface area contributed by atoms with E-state index in [1.807, 2.05) is 12.3 Å². The predicted octanol–water partition coefficient (Wildman–Crippen LogP) is 5.61. The summed E-state index contributed by atoms with van der Waals surface area (Å²) in [5.41, 5.74) is 3.30. The van der Waals surface area contributed by atoms with E-state index in [9.17, 15) is 4.39 Å². The summed E-state index contributed by atoms with van der Waals surface area (Å²) in [5.74, 6) is 0.602. The second-order valence-corrected chi connectivity index (χ2v) is 7.52. The Morgan fingerprint density at radius 3 is 2.45 bits per heavy atom. The van der Waals surface area contributed by atoms with Crippen molar-refractivity contribution in [3.63, 3.8) is 0 Å². The summed E-state index contributed by atoms with van der Waals surface area (Å²) in [7, 11) is 2.13. The normalized spacial score (nSPS) is 14.1. The Morgan fingerprint density at radius 1 is 1.10 bits per heavy atom. The second kappa shape index (κ2) is 10.1. The number of anilines is 1. The Bertz CT molecular complexity index is 867. The first-order valence-corrected chi connectivity index (χ1v) is 10.0. The molecule has 0 spiro atoms. The fourth-order valence-electron chi connectivity index (χ4n) is 2.87. The second-order valence-electron chi connectivity index (χ2n) is 7.52. The molecule has 0 saturated heterocycles. The van der Waals surface area contributed by atoms with Crippen LogP contribution < -0.4 is 4.90 Å². The maximum absolute atomic E-state index is 13.0. The van der Waals surface area contributed by atoms with Crippen LogP contribution in [0.15, 0.2) is 78.7 Å². The van der Waals surface area contributed by atoms with Crippen LogP contribution in [0.4, 0.5) is 10.1 Å². The Morgan fingerprint density at radius 2 is 1.83 bits per heavy atom. The van der Waals surface area contributed by atoms with Gasteiger partial charge in [0, 0.05) is 31.0 Å². The summed E-state index contributed by atoms with van der Waals surface area (Å²) < 4.78 is 18.8. The molecule has 4 heteroatoms. The molecule has 0 N–H and O–H groups in total. The van der Waals surface area contributed by atoms with Crippen LogP contribution in [0.5, 0.6) is 0 Å². The highest BCUT2D eigenvalue weighted by Gasteiger charge is 2.08. The first-order valence-electron chi connectivity index (χ1n) is 10.0. The number of ether oxygens (including phenoxy) is 1. The molecule has 0 fully saturated rings. The Labute approximate surface area is 173 Å². The monoisotopic (exact) mass is 392 g/mol. The van der Waals surface area contributed by atoms with Crippen LogP contribution in [0.25, 0.3) is 6.08 Å². The van der Waals surface area contributed by atoms with Crippen molar-refractivity contribution in [2.45, 2.75) is 26.5 Å². The van der Waals surface area contributed by atoms with E-state index in [-0.39, 0.29) is 5.82 Å². The van der Waals surface area contributed by atoms with E-state index in [1.165, 1.54) is 17.7 Å². The molecule has 0 unspecified atom stereocenters. The van der Waals surface area contributed by atoms with Crippen LogP contribution in [0.2, 0.25) is 0 Å². The Hall–Kier alpha value is -2.85. The number of nitrogens with zero attached hydrogens (tertiary/aromatic N) is 2. The van der Waals surface area contributed by atoms with Crippen LogP contribution in [0, 0.1) is 5.82 Å². The highest BCUT2D eigenvalue weighted by atomic mass is 19.1. The first-order chi connectivity index (χ1) is 14.0. The highest BCUT2D eigenvalue weighted by molar-refractivity contribution is 5.58. The quantitative estimate of drug-likeness (QED) is 0.580. The summed E-state index contributed by atoms with van der Waals surface area (Å²) in [6.45, 7) is 6.53. The lowest BCUT2D eigenvalue weighted by Crippen LogP contribution is -2.26. The number of hydrogen-bond donors (Lipinski definition) is 0. The molecule has 1 aliphatic heterocycles. The summed E-state index contributed by atoms with van der Waals surface area (Å²) in [6.07, 6.45) is 10.4. The smallest absolute Gasteiger partial charge is 0.123 e. The molecule has 0 bridgehead atoms. The SMILES string of the molecule is CC(C)N(C)CC=Cc1ccc(N2C=CC(OCc3ccc(F)cc3)=CC2)cc1. The van der Waals surface area contributed by atoms with E-state index in [4.69, 9.17) is 4.74 Å². The van der Waals surface area contributed by atoms with E-state index >= 15 is 0 Å². The molecule has 0 saturated carbocycles. The first kappa shape index (κ1) is 20.9. The Kier molecular flexibility index (Phi) is 7.25. The van der Waals surface area contributed by atoms with Gasteiger partial charge in [-0.15, -0.1) is 0 Å². The number of allylic oxidation sites excluding steroid dienone is 1. The van der Waals surface area contributed by atoms with Crippen LogP contribution >= 0.6 is 0 Å². The maximum atomic E-state index is 13.0. The minimum atomic E-state index is -0.231. The number of rotatable bonds is 8. The predicted molar refractivity (Wildman–Crippen MR) is 119 cm³/mol. The fourth-order valence-corrected chi connectivity index (χ4v) is 2.87. The molecule has 0 radical (unpaired) electrons. The highest BCUT2D eigenvalue weighted by Crippen LogP contribution is 2.20. The molecule has 3 nitrogen and oxygen atoms in total. The molecule has 3 rings (SSSR count). The van der Waals surface area contributed by atoms with Crippen LogP contribution in [0.3, 0.4) is 0 Å². The average molecular weight is 393 g/mol. The molecule has 29 heavy (non-hydrogen) atoms. The van der Waals surface area contributed by atoms with E-state index in [0.29, 0.717) is 12.6 Å². The van der Waals surface area contributed by atoms with Crippen molar-refractivity contribution in [2.24, 2.45) is 0 Å². The van der Waals surface area contributed by atoms with Crippen molar-refractivity contribution in [1.29, 1.82) is 0 Å². The molecule has 152 valence electrons. The van der Waals surface area contributed by atoms with Crippen LogP contribution in [0.1, 0.15) is 25.0 Å². The summed E-state index contributed by atoms with van der Waals surface area (Å²) >= 11 is 0. The van der Waals surface area contributed by atoms with Crippen molar-refractivity contribution in [3.05, 3.63) is 95.7 Å². The summed E-state index contributed by atoms with van der Waals surface area (Å²) in [6, 6.07) is 15.5. The topological polar surface area (TPSA) is 15.7 Å². The molecule has 1 aliphatic rings.